The molecule has 0 amide bonds. The van der Waals surface area contributed by atoms with Crippen LogP contribution in [0.2, 0.25) is 0 Å². The van der Waals surface area contributed by atoms with Gasteiger partial charge in [-0.05, 0) is 59.8 Å². The minimum Gasteiger partial charge on any atom is -0.166 e. The monoisotopic (exact) mass is 761 g/mol. The summed E-state index contributed by atoms with van der Waals surface area (Å²) in [6.45, 7) is 0. The second-order valence-electron chi connectivity index (χ2n) is 10.4. The van der Waals surface area contributed by atoms with Gasteiger partial charge >= 0.3 is 12.4 Å². The van der Waals surface area contributed by atoms with Crippen LogP contribution in [-0.2, 0) is 31.8 Å². The van der Waals surface area contributed by atoms with Gasteiger partial charge in [0, 0.05) is 30.6 Å². The molecule has 0 bridgehead atoms. The SMILES string of the molecule is FC(F)(F)c1cccc(P(c2ccccc2)c2ccccc2)c1-c1c(P(c2ccccc2)c2ccccc2)cccc1C(F)(F)F.[Rh]. The van der Waals surface area contributed by atoms with Crippen LogP contribution in [0.4, 0.5) is 26.3 Å². The second-order valence-corrected chi connectivity index (χ2v) is 14.8. The average Bonchev–Trinajstić information content (AvgIpc) is 3.06. The Hall–Kier alpha value is -3.62. The Morgan fingerprint density at radius 1 is 0.319 bits per heavy atom. The zero-order valence-electron chi connectivity index (χ0n) is 24.5. The third kappa shape index (κ3) is 7.44. The van der Waals surface area contributed by atoms with E-state index in [2.05, 4.69) is 0 Å². The van der Waals surface area contributed by atoms with E-state index in [0.717, 1.165) is 33.4 Å². The van der Waals surface area contributed by atoms with Gasteiger partial charge in [0.1, 0.15) is 0 Å². The van der Waals surface area contributed by atoms with Crippen LogP contribution in [0.1, 0.15) is 11.1 Å². The molecule has 0 saturated carbocycles. The van der Waals surface area contributed by atoms with E-state index in [9.17, 15) is 0 Å². The molecule has 0 aliphatic rings. The van der Waals surface area contributed by atoms with Crippen molar-refractivity contribution in [3.8, 4) is 11.1 Å². The Morgan fingerprint density at radius 2 is 0.574 bits per heavy atom. The Morgan fingerprint density at radius 3 is 0.809 bits per heavy atom. The van der Waals surface area contributed by atoms with Gasteiger partial charge in [-0.1, -0.05) is 146 Å². The van der Waals surface area contributed by atoms with Crippen molar-refractivity contribution in [3.05, 3.63) is 169 Å². The van der Waals surface area contributed by atoms with Gasteiger partial charge in [-0.3, -0.25) is 0 Å². The van der Waals surface area contributed by atoms with Gasteiger partial charge < -0.3 is 0 Å². The van der Waals surface area contributed by atoms with E-state index in [-0.39, 0.29) is 30.1 Å². The second kappa shape index (κ2) is 14.7. The Labute approximate surface area is 284 Å². The maximum absolute atomic E-state index is 15.1. The molecular weight excluding hydrogens is 735 g/mol. The molecule has 0 N–H and O–H groups in total. The number of alkyl halides is 6. The topological polar surface area (TPSA) is 0 Å². The summed E-state index contributed by atoms with van der Waals surface area (Å²) in [6, 6.07) is 43.6. The van der Waals surface area contributed by atoms with Gasteiger partial charge in [0.15, 0.2) is 0 Å². The number of hydrogen-bond acceptors (Lipinski definition) is 0. The third-order valence-electron chi connectivity index (χ3n) is 7.49. The van der Waals surface area contributed by atoms with Crippen LogP contribution in [0.5, 0.6) is 0 Å². The molecule has 0 heterocycles. The van der Waals surface area contributed by atoms with Gasteiger partial charge in [0.25, 0.3) is 0 Å². The summed E-state index contributed by atoms with van der Waals surface area (Å²) in [5.74, 6) is 0. The maximum atomic E-state index is 15.1. The maximum Gasteiger partial charge on any atom is 0.417 e. The van der Waals surface area contributed by atoms with E-state index >= 15 is 26.3 Å². The van der Waals surface area contributed by atoms with Gasteiger partial charge in [-0.2, -0.15) is 26.3 Å². The molecule has 0 fully saturated rings. The van der Waals surface area contributed by atoms with Crippen molar-refractivity contribution < 1.29 is 45.8 Å². The van der Waals surface area contributed by atoms with E-state index in [1.165, 1.54) is 12.1 Å². The van der Waals surface area contributed by atoms with E-state index in [0.29, 0.717) is 0 Å². The molecule has 0 aromatic heterocycles. The minimum atomic E-state index is -4.93. The van der Waals surface area contributed by atoms with Gasteiger partial charge in [0.2, 0.25) is 0 Å². The summed E-state index contributed by atoms with van der Waals surface area (Å²) in [4.78, 5) is 0. The molecule has 6 rings (SSSR count). The third-order valence-corrected chi connectivity index (χ3v) is 12.5. The quantitative estimate of drug-likeness (QED) is 0.0867. The van der Waals surface area contributed by atoms with Crippen molar-refractivity contribution >= 4 is 47.7 Å². The molecule has 239 valence electrons. The normalized spacial score (nSPS) is 11.8. The molecule has 6 aromatic carbocycles. The van der Waals surface area contributed by atoms with Crippen LogP contribution in [0, 0.1) is 0 Å². The molecule has 0 aliphatic heterocycles. The van der Waals surface area contributed by atoms with Gasteiger partial charge in [-0.25, -0.2) is 0 Å². The molecule has 0 nitrogen and oxygen atoms in total. The standard InChI is InChI=1S/C38H26F6P2.Rh/c39-37(40,41)31-23-13-25-33(45(27-15-5-1-6-16-27)28-17-7-2-8-18-28)35(31)36-32(38(42,43)44)24-14-26-34(36)46(29-19-9-3-10-20-29)30-21-11-4-12-22-30;/h1-26H;. The van der Waals surface area contributed by atoms with Gasteiger partial charge in [-0.15, -0.1) is 0 Å². The number of halogens is 6. The predicted octanol–water partition coefficient (Wildman–Crippen LogP) is 8.91. The smallest absolute Gasteiger partial charge is 0.166 e. The zero-order chi connectivity index (χ0) is 32.3. The summed E-state index contributed by atoms with van der Waals surface area (Å²) >= 11 is 0. The van der Waals surface area contributed by atoms with Crippen LogP contribution in [0.3, 0.4) is 0 Å². The molecule has 0 spiro atoms. The van der Waals surface area contributed by atoms with Crippen LogP contribution >= 0.6 is 15.8 Å². The Kier molecular flexibility index (Phi) is 10.8. The number of benzene rings is 6. The molecule has 0 saturated heterocycles. The first-order chi connectivity index (χ1) is 22.1. The van der Waals surface area contributed by atoms with Gasteiger partial charge in [0.05, 0.1) is 11.1 Å². The fourth-order valence-corrected chi connectivity index (χ4v) is 10.6. The van der Waals surface area contributed by atoms with Crippen molar-refractivity contribution in [2.75, 3.05) is 0 Å². The molecule has 47 heavy (non-hydrogen) atoms. The van der Waals surface area contributed by atoms with Crippen LogP contribution in [0.15, 0.2) is 158 Å². The molecule has 0 atom stereocenters. The summed E-state index contributed by atoms with van der Waals surface area (Å²) in [6.07, 6.45) is -9.87. The zero-order valence-corrected chi connectivity index (χ0v) is 27.9. The summed E-state index contributed by atoms with van der Waals surface area (Å²) in [5.41, 5.74) is -3.07. The minimum absolute atomic E-state index is 0. The fourth-order valence-electron chi connectivity index (χ4n) is 5.61. The molecule has 6 aromatic rings. The molecule has 0 unspecified atom stereocenters. The largest absolute Gasteiger partial charge is 0.417 e. The molecule has 0 aliphatic carbocycles. The van der Waals surface area contributed by atoms with Crippen LogP contribution in [0.25, 0.3) is 11.1 Å². The number of hydrogen-bond donors (Lipinski definition) is 0. The summed E-state index contributed by atoms with van der Waals surface area (Å²) in [7, 11) is -3.40. The van der Waals surface area contributed by atoms with Crippen molar-refractivity contribution in [3.63, 3.8) is 0 Å². The summed E-state index contributed by atoms with van der Waals surface area (Å²) in [5, 5.41) is 3.31. The van der Waals surface area contributed by atoms with E-state index in [1.54, 1.807) is 84.9 Å². The van der Waals surface area contributed by atoms with Crippen LogP contribution < -0.4 is 31.8 Å². The average molecular weight is 761 g/mol. The first-order valence-electron chi connectivity index (χ1n) is 14.4. The Bertz CT molecular complexity index is 1690. The van der Waals surface area contributed by atoms with Crippen molar-refractivity contribution in [1.82, 2.24) is 0 Å². The van der Waals surface area contributed by atoms with Crippen molar-refractivity contribution in [2.24, 2.45) is 0 Å². The first kappa shape index (κ1) is 34.7. The predicted molar refractivity (Wildman–Crippen MR) is 179 cm³/mol. The van der Waals surface area contributed by atoms with E-state index < -0.39 is 50.4 Å². The molecular formula is C38H26F6P2Rh. The van der Waals surface area contributed by atoms with E-state index in [4.69, 9.17) is 0 Å². The van der Waals surface area contributed by atoms with Crippen LogP contribution in [-0.4, -0.2) is 0 Å². The summed E-state index contributed by atoms with van der Waals surface area (Å²) < 4.78 is 90.7. The Balaban J connectivity index is 0.00000433. The van der Waals surface area contributed by atoms with E-state index in [1.807, 2.05) is 48.5 Å². The van der Waals surface area contributed by atoms with Crippen molar-refractivity contribution in [2.45, 2.75) is 12.4 Å². The number of rotatable bonds is 7. The van der Waals surface area contributed by atoms with Crippen molar-refractivity contribution in [1.29, 1.82) is 0 Å². The molecule has 1 radical (unpaired) electrons. The molecule has 9 heteroatoms. The fraction of sp³-hybridized carbons (Fsp3) is 0.0526. The first-order valence-corrected chi connectivity index (χ1v) is 17.0.